The Kier molecular flexibility index (Phi) is 6.54. The van der Waals surface area contributed by atoms with E-state index in [0.29, 0.717) is 6.54 Å². The van der Waals surface area contributed by atoms with Crippen LogP contribution in [0.3, 0.4) is 0 Å². The van der Waals surface area contributed by atoms with Crippen LogP contribution in [0, 0.1) is 0 Å². The van der Waals surface area contributed by atoms with Crippen LogP contribution in [0.25, 0.3) is 0 Å². The lowest BCUT2D eigenvalue weighted by Gasteiger charge is -2.14. The van der Waals surface area contributed by atoms with Crippen LogP contribution < -0.4 is 20.7 Å². The molecule has 1 saturated heterocycles. The Morgan fingerprint density at radius 3 is 2.50 bits per heavy atom. The highest BCUT2D eigenvalue weighted by molar-refractivity contribution is 6.04. The van der Waals surface area contributed by atoms with E-state index in [1.165, 1.54) is 6.92 Å². The van der Waals surface area contributed by atoms with Crippen LogP contribution in [0.4, 0.5) is 4.79 Å². The maximum Gasteiger partial charge on any atom is 0.322 e. The van der Waals surface area contributed by atoms with Crippen LogP contribution in [0.2, 0.25) is 0 Å². The van der Waals surface area contributed by atoms with E-state index in [2.05, 4.69) is 16.0 Å². The van der Waals surface area contributed by atoms with Crippen LogP contribution in [0.15, 0.2) is 24.3 Å². The maximum atomic E-state index is 12.0. The van der Waals surface area contributed by atoms with Crippen LogP contribution in [0.1, 0.15) is 25.3 Å². The average Bonchev–Trinajstić information content (AvgIpc) is 2.95. The van der Waals surface area contributed by atoms with E-state index in [0.717, 1.165) is 11.3 Å². The zero-order valence-electron chi connectivity index (χ0n) is 14.5. The van der Waals surface area contributed by atoms with Gasteiger partial charge in [-0.25, -0.2) is 4.79 Å². The van der Waals surface area contributed by atoms with Gasteiger partial charge in [0, 0.05) is 13.0 Å². The first-order valence-corrected chi connectivity index (χ1v) is 8.10. The van der Waals surface area contributed by atoms with Gasteiger partial charge in [0.1, 0.15) is 11.8 Å². The number of carbonyl (C=O) groups excluding carboxylic acids is 4. The fraction of sp³-hybridized carbons (Fsp3) is 0.412. The van der Waals surface area contributed by atoms with Crippen LogP contribution >= 0.6 is 0 Å². The average molecular weight is 363 g/mol. The third-order valence-electron chi connectivity index (χ3n) is 3.80. The van der Waals surface area contributed by atoms with Gasteiger partial charge in [-0.2, -0.15) is 0 Å². The molecule has 26 heavy (non-hydrogen) atoms. The van der Waals surface area contributed by atoms with E-state index in [1.807, 2.05) is 12.1 Å². The summed E-state index contributed by atoms with van der Waals surface area (Å²) in [5.41, 5.74) is 0.876. The number of imide groups is 1. The number of hydrogen-bond donors (Lipinski definition) is 3. The smallest absolute Gasteiger partial charge is 0.322 e. The van der Waals surface area contributed by atoms with Gasteiger partial charge >= 0.3 is 12.0 Å². The Morgan fingerprint density at radius 1 is 1.23 bits per heavy atom. The van der Waals surface area contributed by atoms with Gasteiger partial charge in [0.05, 0.1) is 7.11 Å². The van der Waals surface area contributed by atoms with Crippen LogP contribution in [-0.2, 0) is 25.7 Å². The lowest BCUT2D eigenvalue weighted by Crippen LogP contribution is -2.36. The fourth-order valence-electron chi connectivity index (χ4n) is 2.31. The lowest BCUT2D eigenvalue weighted by molar-refractivity contribution is -0.155. The highest BCUT2D eigenvalue weighted by Crippen LogP contribution is 2.11. The number of nitrogens with one attached hydrogen (secondary N) is 3. The highest BCUT2D eigenvalue weighted by Gasteiger charge is 2.30. The first-order chi connectivity index (χ1) is 12.4. The van der Waals surface area contributed by atoms with Gasteiger partial charge in [-0.15, -0.1) is 0 Å². The second-order valence-corrected chi connectivity index (χ2v) is 5.75. The Bertz CT molecular complexity index is 688. The van der Waals surface area contributed by atoms with Crippen LogP contribution in [0.5, 0.6) is 5.75 Å². The topological polar surface area (TPSA) is 123 Å². The Morgan fingerprint density at radius 2 is 1.92 bits per heavy atom. The predicted octanol–water partition coefficient (Wildman–Crippen LogP) is 0.231. The van der Waals surface area contributed by atoms with E-state index in [9.17, 15) is 19.2 Å². The van der Waals surface area contributed by atoms with E-state index in [-0.39, 0.29) is 12.8 Å². The number of rotatable bonds is 8. The number of urea groups is 1. The minimum absolute atomic E-state index is 0.0888. The summed E-state index contributed by atoms with van der Waals surface area (Å²) in [6, 6.07) is 5.85. The monoisotopic (exact) mass is 363 g/mol. The van der Waals surface area contributed by atoms with Crippen LogP contribution in [-0.4, -0.2) is 43.1 Å². The number of carbonyl (C=O) groups is 4. The molecule has 0 spiro atoms. The van der Waals surface area contributed by atoms with Gasteiger partial charge in [-0.3, -0.25) is 19.7 Å². The minimum Gasteiger partial charge on any atom is -0.497 e. The predicted molar refractivity (Wildman–Crippen MR) is 90.1 cm³/mol. The molecule has 2 atom stereocenters. The van der Waals surface area contributed by atoms with Crippen molar-refractivity contribution in [2.75, 3.05) is 7.11 Å². The maximum absolute atomic E-state index is 12.0. The molecular formula is C17H21N3O6. The molecule has 3 N–H and O–H groups in total. The van der Waals surface area contributed by atoms with Crippen molar-refractivity contribution in [3.63, 3.8) is 0 Å². The molecule has 1 heterocycles. The lowest BCUT2D eigenvalue weighted by atomic mass is 10.1. The van der Waals surface area contributed by atoms with Crippen molar-refractivity contribution in [2.24, 2.45) is 0 Å². The Labute approximate surface area is 150 Å². The largest absolute Gasteiger partial charge is 0.497 e. The molecule has 1 aromatic rings. The summed E-state index contributed by atoms with van der Waals surface area (Å²) in [5.74, 6) is -0.810. The van der Waals surface area contributed by atoms with Crippen molar-refractivity contribution < 1.29 is 28.7 Å². The molecule has 0 aliphatic carbocycles. The van der Waals surface area contributed by atoms with Crippen molar-refractivity contribution >= 4 is 23.8 Å². The molecule has 1 aromatic carbocycles. The number of ether oxygens (including phenoxy) is 2. The number of amides is 4. The molecule has 1 aliphatic heterocycles. The van der Waals surface area contributed by atoms with E-state index in [4.69, 9.17) is 9.47 Å². The summed E-state index contributed by atoms with van der Waals surface area (Å²) in [7, 11) is 1.57. The number of esters is 1. The molecule has 140 valence electrons. The standard InChI is InChI=1S/C17H21N3O6/c1-10(15(22)18-9-11-3-5-12(25-2)6-4-11)26-14(21)8-7-13-16(23)20-17(24)19-13/h3-6,10,13H,7-9H2,1-2H3,(H,18,22)(H2,19,20,23,24)/t10-,13-/m1/s1. The molecule has 9 heteroatoms. The second kappa shape index (κ2) is 8.84. The zero-order chi connectivity index (χ0) is 19.1. The van der Waals surface area contributed by atoms with Gasteiger partial charge < -0.3 is 20.1 Å². The molecule has 0 unspecified atom stereocenters. The van der Waals surface area contributed by atoms with Gasteiger partial charge in [0.2, 0.25) is 0 Å². The van der Waals surface area contributed by atoms with E-state index >= 15 is 0 Å². The molecule has 1 aliphatic rings. The number of methoxy groups -OCH3 is 1. The zero-order valence-corrected chi connectivity index (χ0v) is 14.5. The molecule has 1 fully saturated rings. The SMILES string of the molecule is COc1ccc(CNC(=O)[C@@H](C)OC(=O)CC[C@H]2NC(=O)NC2=O)cc1. The summed E-state index contributed by atoms with van der Waals surface area (Å²) in [6.45, 7) is 1.75. The molecule has 0 bridgehead atoms. The Balaban J connectivity index is 1.70. The second-order valence-electron chi connectivity index (χ2n) is 5.75. The molecule has 0 radical (unpaired) electrons. The molecule has 2 rings (SSSR count). The van der Waals surface area contributed by atoms with E-state index < -0.39 is 36.0 Å². The quantitative estimate of drug-likeness (QED) is 0.449. The van der Waals surface area contributed by atoms with Gasteiger partial charge in [-0.1, -0.05) is 12.1 Å². The summed E-state index contributed by atoms with van der Waals surface area (Å²) in [4.78, 5) is 46.1. The van der Waals surface area contributed by atoms with E-state index in [1.54, 1.807) is 19.2 Å². The minimum atomic E-state index is -0.965. The summed E-state index contributed by atoms with van der Waals surface area (Å²) >= 11 is 0. The molecule has 4 amide bonds. The molecule has 9 nitrogen and oxygen atoms in total. The Hall–Kier alpha value is -3.10. The molecule has 0 aromatic heterocycles. The van der Waals surface area contributed by atoms with Gasteiger partial charge in [-0.05, 0) is 31.0 Å². The third-order valence-corrected chi connectivity index (χ3v) is 3.80. The van der Waals surface area contributed by atoms with Gasteiger partial charge in [0.25, 0.3) is 11.8 Å². The first-order valence-electron chi connectivity index (χ1n) is 8.10. The number of hydrogen-bond acceptors (Lipinski definition) is 6. The summed E-state index contributed by atoms with van der Waals surface area (Å²) in [6.07, 6.45) is -0.946. The number of benzene rings is 1. The van der Waals surface area contributed by atoms with Crippen molar-refractivity contribution in [2.45, 2.75) is 38.5 Å². The van der Waals surface area contributed by atoms with Crippen molar-refractivity contribution in [1.29, 1.82) is 0 Å². The molecule has 0 saturated carbocycles. The van der Waals surface area contributed by atoms with Crippen molar-refractivity contribution in [3.05, 3.63) is 29.8 Å². The van der Waals surface area contributed by atoms with Crippen molar-refractivity contribution in [3.8, 4) is 5.75 Å². The third kappa shape index (κ3) is 5.47. The van der Waals surface area contributed by atoms with Crippen molar-refractivity contribution in [1.82, 2.24) is 16.0 Å². The van der Waals surface area contributed by atoms with Gasteiger partial charge in [0.15, 0.2) is 6.10 Å². The first kappa shape index (κ1) is 19.2. The molecular weight excluding hydrogens is 342 g/mol. The normalized spacial score (nSPS) is 17.1. The highest BCUT2D eigenvalue weighted by atomic mass is 16.5. The summed E-state index contributed by atoms with van der Waals surface area (Å²) < 4.78 is 10.1. The fourth-order valence-corrected chi connectivity index (χ4v) is 2.31. The summed E-state index contributed by atoms with van der Waals surface area (Å²) in [5, 5.41) is 7.14.